The van der Waals surface area contributed by atoms with Gasteiger partial charge in [-0.2, -0.15) is 13.2 Å². The van der Waals surface area contributed by atoms with Crippen LogP contribution < -0.4 is 14.8 Å². The van der Waals surface area contributed by atoms with Crippen LogP contribution in [0.3, 0.4) is 0 Å². The molecule has 0 bridgehead atoms. The minimum absolute atomic E-state index is 0.262. The molecule has 0 aromatic heterocycles. The van der Waals surface area contributed by atoms with Crippen molar-refractivity contribution in [1.29, 1.82) is 0 Å². The molecule has 0 saturated carbocycles. The van der Waals surface area contributed by atoms with Gasteiger partial charge in [-0.15, -0.1) is 0 Å². The second-order valence-corrected chi connectivity index (χ2v) is 6.30. The Hall–Kier alpha value is -2.74. The molecule has 0 radical (unpaired) electrons. The lowest BCUT2D eigenvalue weighted by atomic mass is 10.1. The van der Waals surface area contributed by atoms with Crippen LogP contribution in [0.15, 0.2) is 42.5 Å². The fraction of sp³-hybridized carbons (Fsp3) is 0.350. The smallest absolute Gasteiger partial charge is 0.418 e. The molecular weight excluding hydrogens is 373 g/mol. The number of likely N-dealkylation sites (N-methyl/N-ethyl adjacent to an activating group) is 1. The van der Waals surface area contributed by atoms with Gasteiger partial charge < -0.3 is 14.8 Å². The number of rotatable bonds is 7. The number of hydrogen-bond donors (Lipinski definition) is 1. The maximum atomic E-state index is 13.1. The van der Waals surface area contributed by atoms with Crippen molar-refractivity contribution in [3.8, 4) is 11.5 Å². The van der Waals surface area contributed by atoms with Gasteiger partial charge in [0.25, 0.3) is 0 Å². The molecule has 0 heterocycles. The molecule has 0 saturated heterocycles. The standard InChI is InChI=1S/C20H23F3N2O3/c1-13(19(26)24-17-8-6-5-7-16(17)20(21,22)23)25(2)12-14-9-10-15(27-3)11-18(14)28-4/h5-11,13H,12H2,1-4H3,(H,24,26). The number of alkyl halides is 3. The van der Waals surface area contributed by atoms with Crippen molar-refractivity contribution in [3.05, 3.63) is 53.6 Å². The van der Waals surface area contributed by atoms with Crippen LogP contribution >= 0.6 is 0 Å². The molecule has 2 rings (SSSR count). The third-order valence-corrected chi connectivity index (χ3v) is 4.44. The van der Waals surface area contributed by atoms with E-state index in [1.54, 1.807) is 38.1 Å². The van der Waals surface area contributed by atoms with Gasteiger partial charge in [0.05, 0.1) is 31.5 Å². The van der Waals surface area contributed by atoms with Gasteiger partial charge in [0.15, 0.2) is 0 Å². The Morgan fingerprint density at radius 2 is 1.82 bits per heavy atom. The summed E-state index contributed by atoms with van der Waals surface area (Å²) >= 11 is 0. The van der Waals surface area contributed by atoms with Crippen molar-refractivity contribution in [2.75, 3.05) is 26.6 Å². The van der Waals surface area contributed by atoms with Gasteiger partial charge >= 0.3 is 6.18 Å². The van der Waals surface area contributed by atoms with Crippen LogP contribution in [-0.2, 0) is 17.5 Å². The second kappa shape index (κ2) is 8.97. The largest absolute Gasteiger partial charge is 0.497 e. The fourth-order valence-corrected chi connectivity index (χ4v) is 2.66. The van der Waals surface area contributed by atoms with Gasteiger partial charge in [-0.1, -0.05) is 18.2 Å². The lowest BCUT2D eigenvalue weighted by Gasteiger charge is -2.25. The molecule has 0 aliphatic heterocycles. The SMILES string of the molecule is COc1ccc(CN(C)C(C)C(=O)Nc2ccccc2C(F)(F)F)c(OC)c1. The first kappa shape index (κ1) is 21.6. The molecule has 8 heteroatoms. The van der Waals surface area contributed by atoms with E-state index < -0.39 is 23.7 Å². The summed E-state index contributed by atoms with van der Waals surface area (Å²) in [4.78, 5) is 14.2. The highest BCUT2D eigenvalue weighted by Crippen LogP contribution is 2.34. The quantitative estimate of drug-likeness (QED) is 0.763. The average molecular weight is 396 g/mol. The summed E-state index contributed by atoms with van der Waals surface area (Å²) < 4.78 is 49.8. The second-order valence-electron chi connectivity index (χ2n) is 6.30. The summed E-state index contributed by atoms with van der Waals surface area (Å²) in [6.07, 6.45) is -4.55. The van der Waals surface area contributed by atoms with Crippen molar-refractivity contribution >= 4 is 11.6 Å². The molecule has 1 N–H and O–H groups in total. The lowest BCUT2D eigenvalue weighted by molar-refractivity contribution is -0.137. The van der Waals surface area contributed by atoms with Crippen molar-refractivity contribution < 1.29 is 27.4 Å². The first-order valence-corrected chi connectivity index (χ1v) is 8.55. The summed E-state index contributed by atoms with van der Waals surface area (Å²) in [5.74, 6) is 0.700. The highest BCUT2D eigenvalue weighted by molar-refractivity contribution is 5.95. The number of hydrogen-bond acceptors (Lipinski definition) is 4. The predicted octanol–water partition coefficient (Wildman–Crippen LogP) is 4.18. The molecule has 0 aliphatic rings. The van der Waals surface area contributed by atoms with Crippen LogP contribution in [0, 0.1) is 0 Å². The summed E-state index contributed by atoms with van der Waals surface area (Å²) in [5, 5.41) is 2.38. The summed E-state index contributed by atoms with van der Waals surface area (Å²) in [5.41, 5.74) is -0.321. The van der Waals surface area contributed by atoms with Crippen LogP contribution in [0.4, 0.5) is 18.9 Å². The van der Waals surface area contributed by atoms with Gasteiger partial charge in [0.1, 0.15) is 11.5 Å². The first-order valence-electron chi connectivity index (χ1n) is 8.55. The summed E-state index contributed by atoms with van der Waals surface area (Å²) in [6, 6.07) is 9.55. The van der Waals surface area contributed by atoms with Gasteiger partial charge in [-0.3, -0.25) is 9.69 Å². The van der Waals surface area contributed by atoms with E-state index in [0.29, 0.717) is 18.0 Å². The van der Waals surface area contributed by atoms with Gasteiger partial charge in [0, 0.05) is 18.2 Å². The van der Waals surface area contributed by atoms with E-state index in [9.17, 15) is 18.0 Å². The molecular formula is C20H23F3N2O3. The number of para-hydroxylation sites is 1. The Kier molecular flexibility index (Phi) is 6.90. The zero-order valence-corrected chi connectivity index (χ0v) is 16.1. The topological polar surface area (TPSA) is 50.8 Å². The van der Waals surface area contributed by atoms with E-state index in [0.717, 1.165) is 11.6 Å². The number of benzene rings is 2. The van der Waals surface area contributed by atoms with Crippen LogP contribution in [0.1, 0.15) is 18.1 Å². The number of anilines is 1. The van der Waals surface area contributed by atoms with Gasteiger partial charge in [-0.05, 0) is 32.2 Å². The Labute approximate surface area is 162 Å². The molecule has 1 amide bonds. The number of carbonyl (C=O) groups is 1. The van der Waals surface area contributed by atoms with E-state index in [2.05, 4.69) is 5.32 Å². The first-order chi connectivity index (χ1) is 13.2. The van der Waals surface area contributed by atoms with Gasteiger partial charge in [-0.25, -0.2) is 0 Å². The van der Waals surface area contributed by atoms with Gasteiger partial charge in [0.2, 0.25) is 5.91 Å². The summed E-state index contributed by atoms with van der Waals surface area (Å²) in [6.45, 7) is 1.99. The number of halogens is 3. The predicted molar refractivity (Wildman–Crippen MR) is 101 cm³/mol. The minimum Gasteiger partial charge on any atom is -0.497 e. The number of ether oxygens (including phenoxy) is 2. The highest BCUT2D eigenvalue weighted by Gasteiger charge is 2.34. The zero-order valence-electron chi connectivity index (χ0n) is 16.1. The molecule has 2 aromatic carbocycles. The molecule has 1 unspecified atom stereocenters. The Bertz CT molecular complexity index is 825. The average Bonchev–Trinajstić information content (AvgIpc) is 2.67. The lowest BCUT2D eigenvalue weighted by Crippen LogP contribution is -2.39. The molecule has 0 spiro atoms. The molecule has 0 aliphatic carbocycles. The van der Waals surface area contributed by atoms with Crippen molar-refractivity contribution in [3.63, 3.8) is 0 Å². The number of amides is 1. The molecule has 152 valence electrons. The Morgan fingerprint density at radius 3 is 2.43 bits per heavy atom. The van der Waals surface area contributed by atoms with E-state index in [1.165, 1.54) is 25.3 Å². The van der Waals surface area contributed by atoms with Crippen molar-refractivity contribution in [2.24, 2.45) is 0 Å². The maximum absolute atomic E-state index is 13.1. The third-order valence-electron chi connectivity index (χ3n) is 4.44. The van der Waals surface area contributed by atoms with E-state index in [1.807, 2.05) is 6.07 Å². The number of nitrogens with one attached hydrogen (secondary N) is 1. The molecule has 2 aromatic rings. The van der Waals surface area contributed by atoms with Crippen LogP contribution in [0.25, 0.3) is 0 Å². The van der Waals surface area contributed by atoms with E-state index in [4.69, 9.17) is 9.47 Å². The molecule has 28 heavy (non-hydrogen) atoms. The van der Waals surface area contributed by atoms with Crippen LogP contribution in [0.2, 0.25) is 0 Å². The van der Waals surface area contributed by atoms with Crippen LogP contribution in [0.5, 0.6) is 11.5 Å². The number of methoxy groups -OCH3 is 2. The van der Waals surface area contributed by atoms with E-state index >= 15 is 0 Å². The third kappa shape index (κ3) is 5.16. The van der Waals surface area contributed by atoms with Crippen molar-refractivity contribution in [2.45, 2.75) is 25.7 Å². The van der Waals surface area contributed by atoms with Crippen molar-refractivity contribution in [1.82, 2.24) is 4.90 Å². The minimum atomic E-state index is -4.55. The number of nitrogens with zero attached hydrogens (tertiary/aromatic N) is 1. The monoisotopic (exact) mass is 396 g/mol. The fourth-order valence-electron chi connectivity index (χ4n) is 2.66. The number of carbonyl (C=O) groups excluding carboxylic acids is 1. The van der Waals surface area contributed by atoms with E-state index in [-0.39, 0.29) is 5.69 Å². The van der Waals surface area contributed by atoms with Crippen LogP contribution in [-0.4, -0.2) is 38.1 Å². The molecule has 1 atom stereocenters. The normalized spacial score (nSPS) is 12.6. The maximum Gasteiger partial charge on any atom is 0.418 e. The highest BCUT2D eigenvalue weighted by atomic mass is 19.4. The Balaban J connectivity index is 2.12. The molecule has 0 fully saturated rings. The summed E-state index contributed by atoms with van der Waals surface area (Å²) in [7, 11) is 4.79. The Morgan fingerprint density at radius 1 is 1.14 bits per heavy atom. The molecule has 5 nitrogen and oxygen atoms in total. The zero-order chi connectivity index (χ0) is 20.9.